The Kier molecular flexibility index (Phi) is 6.17. The third-order valence-electron chi connectivity index (χ3n) is 3.91. The minimum Gasteiger partial charge on any atom is -0.329 e. The highest BCUT2D eigenvalue weighted by Gasteiger charge is 2.16. The second-order valence-corrected chi connectivity index (χ2v) is 5.62. The molecule has 3 N–H and O–H groups in total. The minimum absolute atomic E-state index is 0.0663. The van der Waals surface area contributed by atoms with Crippen molar-refractivity contribution < 1.29 is 4.79 Å². The summed E-state index contributed by atoms with van der Waals surface area (Å²) >= 11 is 0. The fraction of sp³-hybridized carbons (Fsp3) is 0.562. The van der Waals surface area contributed by atoms with Crippen LogP contribution in [0.15, 0.2) is 24.3 Å². The summed E-state index contributed by atoms with van der Waals surface area (Å²) in [5, 5.41) is 3.00. The lowest BCUT2D eigenvalue weighted by atomic mass is 10.2. The van der Waals surface area contributed by atoms with Crippen LogP contribution in [-0.2, 0) is 4.79 Å². The van der Waals surface area contributed by atoms with E-state index in [-0.39, 0.29) is 5.91 Å². The Labute approximate surface area is 127 Å². The van der Waals surface area contributed by atoms with Crippen LogP contribution in [0.5, 0.6) is 0 Å². The lowest BCUT2D eigenvalue weighted by Gasteiger charge is -2.21. The first-order valence-electron chi connectivity index (χ1n) is 7.69. The number of hydrogen-bond acceptors (Lipinski definition) is 4. The lowest BCUT2D eigenvalue weighted by Crippen LogP contribution is -2.37. The van der Waals surface area contributed by atoms with Crippen LogP contribution < -0.4 is 11.1 Å². The van der Waals surface area contributed by atoms with Crippen LogP contribution in [0.1, 0.15) is 12.0 Å². The molecule has 116 valence electrons. The highest BCUT2D eigenvalue weighted by Crippen LogP contribution is 2.13. The number of carbonyl (C=O) groups excluding carboxylic acids is 1. The molecule has 0 aromatic heterocycles. The van der Waals surface area contributed by atoms with Gasteiger partial charge in [0.05, 0.1) is 6.54 Å². The highest BCUT2D eigenvalue weighted by molar-refractivity contribution is 5.92. The predicted molar refractivity (Wildman–Crippen MR) is 86.4 cm³/mol. The first-order valence-corrected chi connectivity index (χ1v) is 7.69. The summed E-state index contributed by atoms with van der Waals surface area (Å²) in [6.07, 6.45) is 1.09. The Hall–Kier alpha value is -1.43. The van der Waals surface area contributed by atoms with Gasteiger partial charge in [-0.15, -0.1) is 0 Å². The molecule has 1 aliphatic rings. The Bertz CT molecular complexity index is 463. The van der Waals surface area contributed by atoms with Gasteiger partial charge in [0.15, 0.2) is 0 Å². The molecular weight excluding hydrogens is 264 g/mol. The molecule has 1 amide bonds. The molecule has 1 fully saturated rings. The van der Waals surface area contributed by atoms with E-state index in [1.54, 1.807) is 0 Å². The van der Waals surface area contributed by atoms with Crippen LogP contribution in [0.2, 0.25) is 0 Å². The lowest BCUT2D eigenvalue weighted by molar-refractivity contribution is -0.117. The summed E-state index contributed by atoms with van der Waals surface area (Å²) in [5.41, 5.74) is 7.60. The van der Waals surface area contributed by atoms with Gasteiger partial charge in [0.1, 0.15) is 0 Å². The number of nitrogens with zero attached hydrogens (tertiary/aromatic N) is 2. The van der Waals surface area contributed by atoms with Gasteiger partial charge in [-0.25, -0.2) is 0 Å². The van der Waals surface area contributed by atoms with E-state index in [1.165, 1.54) is 0 Å². The van der Waals surface area contributed by atoms with Crippen LogP contribution in [0.3, 0.4) is 0 Å². The molecule has 0 saturated carbocycles. The number of aryl methyl sites for hydroxylation is 1. The van der Waals surface area contributed by atoms with E-state index in [0.717, 1.165) is 50.4 Å². The molecule has 5 nitrogen and oxygen atoms in total. The quantitative estimate of drug-likeness (QED) is 0.846. The minimum atomic E-state index is 0.0663. The van der Waals surface area contributed by atoms with Gasteiger partial charge in [-0.2, -0.15) is 0 Å². The molecule has 2 rings (SSSR count). The third-order valence-corrected chi connectivity index (χ3v) is 3.91. The number of hydrogen-bond donors (Lipinski definition) is 2. The third kappa shape index (κ3) is 5.12. The molecule has 1 aromatic rings. The number of amides is 1. The van der Waals surface area contributed by atoms with Gasteiger partial charge >= 0.3 is 0 Å². The zero-order chi connectivity index (χ0) is 15.1. The number of nitrogens with one attached hydrogen (secondary N) is 1. The van der Waals surface area contributed by atoms with E-state index >= 15 is 0 Å². The number of nitrogens with two attached hydrogens (primary N) is 1. The Morgan fingerprint density at radius 2 is 1.90 bits per heavy atom. The number of carbonyl (C=O) groups is 1. The smallest absolute Gasteiger partial charge is 0.238 e. The average Bonchev–Trinajstić information content (AvgIpc) is 2.67. The molecule has 21 heavy (non-hydrogen) atoms. The summed E-state index contributed by atoms with van der Waals surface area (Å²) in [5.74, 6) is 0.0663. The summed E-state index contributed by atoms with van der Waals surface area (Å²) in [7, 11) is 0. The normalized spacial score (nSPS) is 17.4. The van der Waals surface area contributed by atoms with Crippen molar-refractivity contribution in [2.45, 2.75) is 13.3 Å². The molecule has 0 atom stereocenters. The van der Waals surface area contributed by atoms with E-state index in [9.17, 15) is 4.79 Å². The van der Waals surface area contributed by atoms with Gasteiger partial charge in [0, 0.05) is 31.9 Å². The van der Waals surface area contributed by atoms with Gasteiger partial charge in [-0.05, 0) is 38.1 Å². The molecule has 1 aliphatic heterocycles. The average molecular weight is 290 g/mol. The number of anilines is 1. The highest BCUT2D eigenvalue weighted by atomic mass is 16.2. The molecule has 1 saturated heterocycles. The standard InChI is InChI=1S/C16H26N4O/c1-14-5-2-3-6-15(14)18-16(21)13-20-9-4-8-19(10-7-17)11-12-20/h2-3,5-6H,4,7-13,17H2,1H3,(H,18,21). The first-order chi connectivity index (χ1) is 10.2. The van der Waals surface area contributed by atoms with Gasteiger partial charge in [0.2, 0.25) is 5.91 Å². The van der Waals surface area contributed by atoms with Crippen LogP contribution in [-0.4, -0.2) is 61.5 Å². The van der Waals surface area contributed by atoms with E-state index in [2.05, 4.69) is 15.1 Å². The van der Waals surface area contributed by atoms with E-state index < -0.39 is 0 Å². The fourth-order valence-electron chi connectivity index (χ4n) is 2.69. The number of rotatable bonds is 5. The van der Waals surface area contributed by atoms with Crippen LogP contribution in [0.4, 0.5) is 5.69 Å². The zero-order valence-electron chi connectivity index (χ0n) is 12.8. The van der Waals surface area contributed by atoms with Gasteiger partial charge < -0.3 is 16.0 Å². The summed E-state index contributed by atoms with van der Waals surface area (Å²) in [6, 6.07) is 7.87. The summed E-state index contributed by atoms with van der Waals surface area (Å²) in [6.45, 7) is 8.10. The van der Waals surface area contributed by atoms with Crippen LogP contribution in [0.25, 0.3) is 0 Å². The van der Waals surface area contributed by atoms with Gasteiger partial charge in [0.25, 0.3) is 0 Å². The predicted octanol–water partition coefficient (Wildman–Crippen LogP) is 0.900. The SMILES string of the molecule is Cc1ccccc1NC(=O)CN1CCCN(CCN)CC1. The first kappa shape index (κ1) is 15.9. The molecule has 1 heterocycles. The Morgan fingerprint density at radius 3 is 2.67 bits per heavy atom. The molecule has 0 spiro atoms. The fourth-order valence-corrected chi connectivity index (χ4v) is 2.69. The van der Waals surface area contributed by atoms with Crippen molar-refractivity contribution in [1.29, 1.82) is 0 Å². The van der Waals surface area contributed by atoms with Crippen molar-refractivity contribution in [1.82, 2.24) is 9.80 Å². The maximum atomic E-state index is 12.2. The number of benzene rings is 1. The van der Waals surface area contributed by atoms with Crippen molar-refractivity contribution in [3.05, 3.63) is 29.8 Å². The molecule has 0 radical (unpaired) electrons. The van der Waals surface area contributed by atoms with E-state index in [1.807, 2.05) is 31.2 Å². The molecule has 1 aromatic carbocycles. The van der Waals surface area contributed by atoms with Crippen molar-refractivity contribution >= 4 is 11.6 Å². The number of para-hydroxylation sites is 1. The van der Waals surface area contributed by atoms with E-state index in [0.29, 0.717) is 13.1 Å². The molecule has 0 bridgehead atoms. The topological polar surface area (TPSA) is 61.6 Å². The molecule has 5 heteroatoms. The Balaban J connectivity index is 1.81. The van der Waals surface area contributed by atoms with Crippen LogP contribution in [0, 0.1) is 6.92 Å². The van der Waals surface area contributed by atoms with Gasteiger partial charge in [-0.1, -0.05) is 18.2 Å². The maximum Gasteiger partial charge on any atom is 0.238 e. The second-order valence-electron chi connectivity index (χ2n) is 5.62. The van der Waals surface area contributed by atoms with Crippen molar-refractivity contribution in [3.63, 3.8) is 0 Å². The zero-order valence-corrected chi connectivity index (χ0v) is 12.8. The van der Waals surface area contributed by atoms with Gasteiger partial charge in [-0.3, -0.25) is 9.69 Å². The Morgan fingerprint density at radius 1 is 1.19 bits per heavy atom. The molecule has 0 unspecified atom stereocenters. The summed E-state index contributed by atoms with van der Waals surface area (Å²) < 4.78 is 0. The summed E-state index contributed by atoms with van der Waals surface area (Å²) in [4.78, 5) is 16.8. The van der Waals surface area contributed by atoms with Crippen LogP contribution >= 0.6 is 0 Å². The van der Waals surface area contributed by atoms with E-state index in [4.69, 9.17) is 5.73 Å². The largest absolute Gasteiger partial charge is 0.329 e. The van der Waals surface area contributed by atoms with Crippen molar-refractivity contribution in [2.75, 3.05) is 51.1 Å². The molecular formula is C16H26N4O. The molecule has 0 aliphatic carbocycles. The van der Waals surface area contributed by atoms with Crippen molar-refractivity contribution in [3.8, 4) is 0 Å². The monoisotopic (exact) mass is 290 g/mol. The van der Waals surface area contributed by atoms with Crippen molar-refractivity contribution in [2.24, 2.45) is 5.73 Å². The second kappa shape index (κ2) is 8.12. The maximum absolute atomic E-state index is 12.2.